The average Bonchev–Trinajstić information content (AvgIpc) is 2.43. The number of nitrogens with zero attached hydrogens (tertiary/aromatic N) is 1. The zero-order chi connectivity index (χ0) is 14.7. The molecular formula is C15H16BrN3O. The zero-order valence-corrected chi connectivity index (χ0v) is 13.0. The van der Waals surface area contributed by atoms with Crippen molar-refractivity contribution in [2.24, 2.45) is 0 Å². The van der Waals surface area contributed by atoms with Crippen LogP contribution in [0.5, 0.6) is 0 Å². The summed E-state index contributed by atoms with van der Waals surface area (Å²) in [6.45, 7) is 3.94. The van der Waals surface area contributed by atoms with Crippen molar-refractivity contribution in [3.8, 4) is 0 Å². The molecular weight excluding hydrogens is 318 g/mol. The SMILES string of the molecule is CCc1cc(C(=O)Nc2cccc(C)c2Br)cc(N)n1. The molecule has 5 heteroatoms. The quantitative estimate of drug-likeness (QED) is 0.902. The molecule has 0 bridgehead atoms. The second kappa shape index (κ2) is 6.05. The Balaban J connectivity index is 2.28. The molecule has 0 aliphatic heterocycles. The van der Waals surface area contributed by atoms with Gasteiger partial charge in [0.05, 0.1) is 5.69 Å². The van der Waals surface area contributed by atoms with Crippen LogP contribution in [0.4, 0.5) is 11.5 Å². The second-order valence-electron chi connectivity index (χ2n) is 4.52. The van der Waals surface area contributed by atoms with Crippen molar-refractivity contribution in [2.75, 3.05) is 11.1 Å². The predicted octanol–water partition coefficient (Wildman–Crippen LogP) is 3.55. The van der Waals surface area contributed by atoms with Gasteiger partial charge in [-0.15, -0.1) is 0 Å². The minimum atomic E-state index is -0.194. The van der Waals surface area contributed by atoms with Crippen LogP contribution in [0.1, 0.15) is 28.5 Å². The van der Waals surface area contributed by atoms with E-state index in [0.29, 0.717) is 11.4 Å². The smallest absolute Gasteiger partial charge is 0.255 e. The lowest BCUT2D eigenvalue weighted by atomic mass is 10.1. The molecule has 0 aliphatic carbocycles. The molecule has 0 saturated heterocycles. The van der Waals surface area contributed by atoms with E-state index in [1.807, 2.05) is 32.0 Å². The van der Waals surface area contributed by atoms with Crippen molar-refractivity contribution in [2.45, 2.75) is 20.3 Å². The monoisotopic (exact) mass is 333 g/mol. The van der Waals surface area contributed by atoms with Crippen LogP contribution in [-0.4, -0.2) is 10.9 Å². The Kier molecular flexibility index (Phi) is 4.39. The summed E-state index contributed by atoms with van der Waals surface area (Å²) in [6, 6.07) is 9.06. The van der Waals surface area contributed by atoms with E-state index in [9.17, 15) is 4.79 Å². The van der Waals surface area contributed by atoms with Gasteiger partial charge in [0.25, 0.3) is 5.91 Å². The highest BCUT2D eigenvalue weighted by molar-refractivity contribution is 9.10. The molecule has 0 aliphatic rings. The van der Waals surface area contributed by atoms with Crippen molar-refractivity contribution in [1.82, 2.24) is 4.98 Å². The molecule has 3 N–H and O–H groups in total. The standard InChI is InChI=1S/C15H16BrN3O/c1-3-11-7-10(8-13(17)18-11)15(20)19-12-6-4-5-9(2)14(12)16/h4-8H,3H2,1-2H3,(H2,17,18)(H,19,20). The average molecular weight is 334 g/mol. The molecule has 1 aromatic carbocycles. The Bertz CT molecular complexity index is 656. The topological polar surface area (TPSA) is 68.0 Å². The molecule has 104 valence electrons. The number of nitrogen functional groups attached to an aromatic ring is 1. The number of pyridine rings is 1. The number of amides is 1. The van der Waals surface area contributed by atoms with E-state index in [-0.39, 0.29) is 5.91 Å². The third kappa shape index (κ3) is 3.17. The Labute approximate surface area is 126 Å². The molecule has 0 unspecified atom stereocenters. The molecule has 2 rings (SSSR count). The van der Waals surface area contributed by atoms with E-state index in [2.05, 4.69) is 26.2 Å². The maximum atomic E-state index is 12.3. The van der Waals surface area contributed by atoms with Crippen LogP contribution in [0.15, 0.2) is 34.8 Å². The number of hydrogen-bond acceptors (Lipinski definition) is 3. The Morgan fingerprint density at radius 1 is 1.40 bits per heavy atom. The van der Waals surface area contributed by atoms with Crippen molar-refractivity contribution in [3.05, 3.63) is 51.6 Å². The van der Waals surface area contributed by atoms with Crippen LogP contribution in [0.2, 0.25) is 0 Å². The van der Waals surface area contributed by atoms with Crippen molar-refractivity contribution in [1.29, 1.82) is 0 Å². The normalized spacial score (nSPS) is 10.3. The summed E-state index contributed by atoms with van der Waals surface area (Å²) in [7, 11) is 0. The van der Waals surface area contributed by atoms with Gasteiger partial charge in [0.1, 0.15) is 5.82 Å². The number of benzene rings is 1. The van der Waals surface area contributed by atoms with Crippen molar-refractivity contribution in [3.63, 3.8) is 0 Å². The number of halogens is 1. The van der Waals surface area contributed by atoms with Crippen LogP contribution < -0.4 is 11.1 Å². The van der Waals surface area contributed by atoms with E-state index < -0.39 is 0 Å². The maximum absolute atomic E-state index is 12.3. The Hall–Kier alpha value is -1.88. The third-order valence-corrected chi connectivity index (χ3v) is 4.02. The zero-order valence-electron chi connectivity index (χ0n) is 11.4. The third-order valence-electron chi connectivity index (χ3n) is 2.96. The van der Waals surface area contributed by atoms with E-state index in [1.165, 1.54) is 0 Å². The number of nitrogens with two attached hydrogens (primary N) is 1. The van der Waals surface area contributed by atoms with Crippen LogP contribution >= 0.6 is 15.9 Å². The Morgan fingerprint density at radius 3 is 2.85 bits per heavy atom. The number of carbonyl (C=O) groups is 1. The molecule has 0 atom stereocenters. The first-order valence-corrected chi connectivity index (χ1v) is 7.13. The summed E-state index contributed by atoms with van der Waals surface area (Å²) in [5.74, 6) is 0.165. The molecule has 4 nitrogen and oxygen atoms in total. The van der Waals surface area contributed by atoms with Gasteiger partial charge in [-0.05, 0) is 53.0 Å². The number of nitrogens with one attached hydrogen (secondary N) is 1. The fourth-order valence-corrected chi connectivity index (χ4v) is 2.22. The second-order valence-corrected chi connectivity index (χ2v) is 5.31. The summed E-state index contributed by atoms with van der Waals surface area (Å²) < 4.78 is 0.881. The lowest BCUT2D eigenvalue weighted by Crippen LogP contribution is -2.14. The van der Waals surface area contributed by atoms with E-state index in [0.717, 1.165) is 27.8 Å². The molecule has 0 radical (unpaired) electrons. The highest BCUT2D eigenvalue weighted by Crippen LogP contribution is 2.26. The van der Waals surface area contributed by atoms with Crippen LogP contribution in [0.25, 0.3) is 0 Å². The molecule has 0 spiro atoms. The minimum Gasteiger partial charge on any atom is -0.384 e. The summed E-state index contributed by atoms with van der Waals surface area (Å²) in [6.07, 6.45) is 0.736. The molecule has 2 aromatic rings. The maximum Gasteiger partial charge on any atom is 0.255 e. The molecule has 0 saturated carbocycles. The lowest BCUT2D eigenvalue weighted by molar-refractivity contribution is 0.102. The Morgan fingerprint density at radius 2 is 2.15 bits per heavy atom. The first kappa shape index (κ1) is 14.5. The van der Waals surface area contributed by atoms with Gasteiger partial charge in [0.15, 0.2) is 0 Å². The minimum absolute atomic E-state index is 0.194. The van der Waals surface area contributed by atoms with Gasteiger partial charge in [-0.2, -0.15) is 0 Å². The van der Waals surface area contributed by atoms with Crippen molar-refractivity contribution >= 4 is 33.3 Å². The largest absolute Gasteiger partial charge is 0.384 e. The molecule has 20 heavy (non-hydrogen) atoms. The fourth-order valence-electron chi connectivity index (χ4n) is 1.86. The number of carbonyl (C=O) groups excluding carboxylic acids is 1. The van der Waals surface area contributed by atoms with Gasteiger partial charge in [0.2, 0.25) is 0 Å². The highest BCUT2D eigenvalue weighted by Gasteiger charge is 2.11. The van der Waals surface area contributed by atoms with E-state index in [1.54, 1.807) is 12.1 Å². The number of aromatic nitrogens is 1. The van der Waals surface area contributed by atoms with Gasteiger partial charge in [-0.3, -0.25) is 4.79 Å². The highest BCUT2D eigenvalue weighted by atomic mass is 79.9. The summed E-state index contributed by atoms with van der Waals surface area (Å²) in [5, 5.41) is 2.88. The van der Waals surface area contributed by atoms with Crippen molar-refractivity contribution < 1.29 is 4.79 Å². The summed E-state index contributed by atoms with van der Waals surface area (Å²) in [4.78, 5) is 16.4. The van der Waals surface area contributed by atoms with Gasteiger partial charge in [0, 0.05) is 15.7 Å². The van der Waals surface area contributed by atoms with Gasteiger partial charge >= 0.3 is 0 Å². The summed E-state index contributed by atoms with van der Waals surface area (Å²) in [5.41, 5.74) is 8.84. The van der Waals surface area contributed by atoms with Crippen LogP contribution in [-0.2, 0) is 6.42 Å². The van der Waals surface area contributed by atoms with Gasteiger partial charge in [-0.25, -0.2) is 4.98 Å². The first-order chi connectivity index (χ1) is 9.51. The molecule has 1 aromatic heterocycles. The van der Waals surface area contributed by atoms with E-state index in [4.69, 9.17) is 5.73 Å². The van der Waals surface area contributed by atoms with Gasteiger partial charge in [-0.1, -0.05) is 19.1 Å². The number of rotatable bonds is 3. The van der Waals surface area contributed by atoms with Crippen LogP contribution in [0, 0.1) is 6.92 Å². The number of hydrogen-bond donors (Lipinski definition) is 2. The first-order valence-electron chi connectivity index (χ1n) is 6.34. The summed E-state index contributed by atoms with van der Waals surface area (Å²) >= 11 is 3.47. The van der Waals surface area contributed by atoms with E-state index >= 15 is 0 Å². The molecule has 1 amide bonds. The molecule has 0 fully saturated rings. The lowest BCUT2D eigenvalue weighted by Gasteiger charge is -2.10. The van der Waals surface area contributed by atoms with Crippen LogP contribution in [0.3, 0.4) is 0 Å². The molecule has 1 heterocycles. The fraction of sp³-hybridized carbons (Fsp3) is 0.200. The predicted molar refractivity (Wildman–Crippen MR) is 84.9 cm³/mol. The van der Waals surface area contributed by atoms with Gasteiger partial charge < -0.3 is 11.1 Å². The number of anilines is 2. The number of aryl methyl sites for hydroxylation is 2.